The second-order valence-electron chi connectivity index (χ2n) is 6.60. The number of halogens is 2. The maximum atomic E-state index is 13.8. The molecule has 2 aromatic carbocycles. The molecule has 4 rings (SSSR count). The highest BCUT2D eigenvalue weighted by Crippen LogP contribution is 2.31. The van der Waals surface area contributed by atoms with Gasteiger partial charge < -0.3 is 9.47 Å². The van der Waals surface area contributed by atoms with Crippen LogP contribution >= 0.6 is 11.6 Å². The van der Waals surface area contributed by atoms with Gasteiger partial charge in [0.1, 0.15) is 5.82 Å². The minimum Gasteiger partial charge on any atom is -0.344 e. The summed E-state index contributed by atoms with van der Waals surface area (Å²) in [7, 11) is 2.12. The fraction of sp³-hybridized carbons (Fsp3) is 0.300. The van der Waals surface area contributed by atoms with Crippen molar-refractivity contribution in [2.45, 2.75) is 25.9 Å². The maximum absolute atomic E-state index is 13.8. The summed E-state index contributed by atoms with van der Waals surface area (Å²) in [6, 6.07) is 13.2. The minimum absolute atomic E-state index is 0.159. The van der Waals surface area contributed by atoms with Crippen molar-refractivity contribution in [3.63, 3.8) is 0 Å². The number of benzene rings is 2. The van der Waals surface area contributed by atoms with E-state index in [1.54, 1.807) is 12.1 Å². The SMILES string of the molecule is CN1CCc2c(c3cc(F)ccc3n2CCc2ccc(Cl)cc2)C1. The van der Waals surface area contributed by atoms with Crippen LogP contribution in [0.5, 0.6) is 0 Å². The predicted octanol–water partition coefficient (Wildman–Crippen LogP) is 4.66. The van der Waals surface area contributed by atoms with Crippen LogP contribution in [0.25, 0.3) is 10.9 Å². The van der Waals surface area contributed by atoms with E-state index in [1.807, 2.05) is 18.2 Å². The largest absolute Gasteiger partial charge is 0.344 e. The Kier molecular flexibility index (Phi) is 4.07. The van der Waals surface area contributed by atoms with Gasteiger partial charge in [-0.25, -0.2) is 4.39 Å². The Morgan fingerprint density at radius 2 is 1.92 bits per heavy atom. The second-order valence-corrected chi connectivity index (χ2v) is 7.04. The predicted molar refractivity (Wildman–Crippen MR) is 97.1 cm³/mol. The van der Waals surface area contributed by atoms with Crippen LogP contribution in [0.15, 0.2) is 42.5 Å². The highest BCUT2D eigenvalue weighted by Gasteiger charge is 2.22. The Morgan fingerprint density at radius 3 is 2.71 bits per heavy atom. The van der Waals surface area contributed by atoms with E-state index in [1.165, 1.54) is 16.8 Å². The van der Waals surface area contributed by atoms with Crippen LogP contribution in [0.4, 0.5) is 4.39 Å². The zero-order valence-electron chi connectivity index (χ0n) is 13.7. The molecule has 2 heterocycles. The van der Waals surface area contributed by atoms with Gasteiger partial charge in [-0.15, -0.1) is 0 Å². The van der Waals surface area contributed by atoms with E-state index in [4.69, 9.17) is 11.6 Å². The molecule has 1 aliphatic heterocycles. The lowest BCUT2D eigenvalue weighted by molar-refractivity contribution is 0.309. The van der Waals surface area contributed by atoms with Crippen LogP contribution in [-0.4, -0.2) is 23.1 Å². The summed E-state index contributed by atoms with van der Waals surface area (Å²) in [5.41, 5.74) is 5.06. The van der Waals surface area contributed by atoms with Gasteiger partial charge in [0.15, 0.2) is 0 Å². The van der Waals surface area contributed by atoms with Crippen molar-refractivity contribution in [3.8, 4) is 0 Å². The Balaban J connectivity index is 1.73. The van der Waals surface area contributed by atoms with E-state index in [0.717, 1.165) is 48.4 Å². The van der Waals surface area contributed by atoms with Gasteiger partial charge in [0, 0.05) is 47.7 Å². The molecular formula is C20H20ClFN2. The molecule has 0 N–H and O–H groups in total. The third-order valence-electron chi connectivity index (χ3n) is 4.94. The number of rotatable bonds is 3. The first-order chi connectivity index (χ1) is 11.6. The summed E-state index contributed by atoms with van der Waals surface area (Å²) in [5.74, 6) is -0.159. The number of likely N-dealkylation sites (N-methyl/N-ethyl adjacent to an activating group) is 1. The lowest BCUT2D eigenvalue weighted by Gasteiger charge is -2.24. The molecule has 0 fully saturated rings. The molecule has 0 bridgehead atoms. The van der Waals surface area contributed by atoms with Crippen LogP contribution in [0.3, 0.4) is 0 Å². The van der Waals surface area contributed by atoms with Crippen LogP contribution in [0.2, 0.25) is 5.02 Å². The molecule has 0 saturated carbocycles. The summed E-state index contributed by atoms with van der Waals surface area (Å²) in [6.45, 7) is 2.85. The van der Waals surface area contributed by atoms with E-state index >= 15 is 0 Å². The fourth-order valence-corrected chi connectivity index (χ4v) is 3.83. The van der Waals surface area contributed by atoms with Gasteiger partial charge in [-0.05, 0) is 54.9 Å². The first kappa shape index (κ1) is 15.7. The summed E-state index contributed by atoms with van der Waals surface area (Å²) < 4.78 is 16.1. The third-order valence-corrected chi connectivity index (χ3v) is 5.20. The monoisotopic (exact) mass is 342 g/mol. The highest BCUT2D eigenvalue weighted by atomic mass is 35.5. The number of hydrogen-bond acceptors (Lipinski definition) is 1. The van der Waals surface area contributed by atoms with Crippen LogP contribution in [-0.2, 0) is 25.9 Å². The van der Waals surface area contributed by atoms with E-state index in [2.05, 4.69) is 28.6 Å². The van der Waals surface area contributed by atoms with Gasteiger partial charge in [0.05, 0.1) is 0 Å². The van der Waals surface area contributed by atoms with Crippen LogP contribution in [0, 0.1) is 5.82 Å². The zero-order valence-corrected chi connectivity index (χ0v) is 14.5. The van der Waals surface area contributed by atoms with Crippen molar-refractivity contribution >= 4 is 22.5 Å². The Hall–Kier alpha value is -1.84. The molecule has 0 atom stereocenters. The minimum atomic E-state index is -0.159. The number of hydrogen-bond donors (Lipinski definition) is 0. The topological polar surface area (TPSA) is 8.17 Å². The molecule has 0 unspecified atom stereocenters. The molecule has 24 heavy (non-hydrogen) atoms. The first-order valence-corrected chi connectivity index (χ1v) is 8.72. The average Bonchev–Trinajstić information content (AvgIpc) is 2.87. The maximum Gasteiger partial charge on any atom is 0.123 e. The number of aromatic nitrogens is 1. The molecule has 1 aliphatic rings. The summed E-state index contributed by atoms with van der Waals surface area (Å²) >= 11 is 5.97. The van der Waals surface area contributed by atoms with Gasteiger partial charge in [-0.1, -0.05) is 23.7 Å². The summed E-state index contributed by atoms with van der Waals surface area (Å²) in [5, 5.41) is 1.83. The van der Waals surface area contributed by atoms with E-state index < -0.39 is 0 Å². The Morgan fingerprint density at radius 1 is 1.12 bits per heavy atom. The molecule has 0 radical (unpaired) electrons. The summed E-state index contributed by atoms with van der Waals surface area (Å²) in [6.07, 6.45) is 1.96. The van der Waals surface area contributed by atoms with Crippen LogP contribution < -0.4 is 0 Å². The van der Waals surface area contributed by atoms with Gasteiger partial charge in [0.2, 0.25) is 0 Å². The zero-order chi connectivity index (χ0) is 16.7. The highest BCUT2D eigenvalue weighted by molar-refractivity contribution is 6.30. The van der Waals surface area contributed by atoms with Crippen molar-refractivity contribution in [1.82, 2.24) is 9.47 Å². The van der Waals surface area contributed by atoms with E-state index in [0.29, 0.717) is 0 Å². The number of nitrogens with zero attached hydrogens (tertiary/aromatic N) is 2. The molecule has 2 nitrogen and oxygen atoms in total. The summed E-state index contributed by atoms with van der Waals surface area (Å²) in [4.78, 5) is 2.30. The van der Waals surface area contributed by atoms with Crippen LogP contribution in [0.1, 0.15) is 16.8 Å². The molecule has 0 amide bonds. The number of aryl methyl sites for hydroxylation is 2. The molecule has 4 heteroatoms. The van der Waals surface area contributed by atoms with Crippen molar-refractivity contribution in [2.24, 2.45) is 0 Å². The quantitative estimate of drug-likeness (QED) is 0.671. The van der Waals surface area contributed by atoms with Crippen molar-refractivity contribution in [3.05, 3.63) is 70.1 Å². The van der Waals surface area contributed by atoms with Crippen molar-refractivity contribution in [1.29, 1.82) is 0 Å². The first-order valence-electron chi connectivity index (χ1n) is 8.34. The van der Waals surface area contributed by atoms with Gasteiger partial charge in [-0.3, -0.25) is 0 Å². The van der Waals surface area contributed by atoms with Gasteiger partial charge in [-0.2, -0.15) is 0 Å². The normalized spacial score (nSPS) is 15.0. The van der Waals surface area contributed by atoms with Gasteiger partial charge >= 0.3 is 0 Å². The average molecular weight is 343 g/mol. The number of fused-ring (bicyclic) bond motifs is 3. The Labute approximate surface area is 146 Å². The lowest BCUT2D eigenvalue weighted by atomic mass is 10.0. The Bertz CT molecular complexity index is 883. The smallest absolute Gasteiger partial charge is 0.123 e. The molecule has 124 valence electrons. The molecule has 0 aliphatic carbocycles. The standard InChI is InChI=1S/C20H20ClFN2/c1-23-10-9-20-18(13-23)17-12-16(22)6-7-19(17)24(20)11-8-14-2-4-15(21)5-3-14/h2-7,12H,8-11,13H2,1H3. The third kappa shape index (κ3) is 2.83. The molecular weight excluding hydrogens is 323 g/mol. The van der Waals surface area contributed by atoms with Crippen molar-refractivity contribution in [2.75, 3.05) is 13.6 Å². The molecule has 3 aromatic rings. The second kappa shape index (κ2) is 6.23. The van der Waals surface area contributed by atoms with E-state index in [-0.39, 0.29) is 5.82 Å². The lowest BCUT2D eigenvalue weighted by Crippen LogP contribution is -2.27. The van der Waals surface area contributed by atoms with E-state index in [9.17, 15) is 4.39 Å². The fourth-order valence-electron chi connectivity index (χ4n) is 3.70. The molecule has 0 saturated heterocycles. The van der Waals surface area contributed by atoms with Gasteiger partial charge in [0.25, 0.3) is 0 Å². The van der Waals surface area contributed by atoms with Crippen molar-refractivity contribution < 1.29 is 4.39 Å². The molecule has 0 spiro atoms. The molecule has 1 aromatic heterocycles.